The molecule has 3 rings (SSSR count). The van der Waals surface area contributed by atoms with Gasteiger partial charge in [0.15, 0.2) is 0 Å². The summed E-state index contributed by atoms with van der Waals surface area (Å²) in [5.74, 6) is -0.910. The molecule has 0 aromatic carbocycles. The average Bonchev–Trinajstić information content (AvgIpc) is 2.96. The Morgan fingerprint density at radius 2 is 2.18 bits per heavy atom. The minimum Gasteiger partial charge on any atom is -0.477 e. The molecule has 3 aromatic rings. The summed E-state index contributed by atoms with van der Waals surface area (Å²) < 4.78 is 2.11. The van der Waals surface area contributed by atoms with Crippen LogP contribution in [0.15, 0.2) is 38.1 Å². The predicted molar refractivity (Wildman–Crippen MR) is 71.6 cm³/mol. The molecular weight excluding hydrogens is 274 g/mol. The van der Waals surface area contributed by atoms with E-state index < -0.39 is 5.97 Å². The third-order valence-electron chi connectivity index (χ3n) is 2.27. The van der Waals surface area contributed by atoms with Crippen molar-refractivity contribution in [3.8, 4) is 0 Å². The van der Waals surface area contributed by atoms with E-state index >= 15 is 0 Å². The second-order valence-electron chi connectivity index (χ2n) is 3.33. The maximum Gasteiger partial charge on any atom is 0.353 e. The predicted octanol–water partition coefficient (Wildman–Crippen LogP) is 4.14. The van der Waals surface area contributed by atoms with Crippen LogP contribution in [0.25, 0.3) is 10.2 Å². The average molecular weight is 281 g/mol. The standard InChI is InChI=1S/C11H7NO2S3/c13-11(14)8-10(17-7-2-1-4-15-7)9-6(12-8)3-5-16-9/h1-5,12H,(H,13,14). The molecule has 0 saturated carbocycles. The number of carboxylic acid groups (broad SMARTS) is 1. The van der Waals surface area contributed by atoms with Gasteiger partial charge >= 0.3 is 5.97 Å². The molecule has 0 atom stereocenters. The minimum atomic E-state index is -0.910. The number of aromatic nitrogens is 1. The van der Waals surface area contributed by atoms with Crippen molar-refractivity contribution < 1.29 is 9.90 Å². The van der Waals surface area contributed by atoms with Gasteiger partial charge in [0, 0.05) is 0 Å². The Labute approximate surface area is 109 Å². The fourth-order valence-electron chi connectivity index (χ4n) is 1.56. The first-order valence-corrected chi connectivity index (χ1v) is 7.37. The maximum absolute atomic E-state index is 11.2. The van der Waals surface area contributed by atoms with E-state index in [0.717, 1.165) is 19.3 Å². The quantitative estimate of drug-likeness (QED) is 0.758. The van der Waals surface area contributed by atoms with Crippen molar-refractivity contribution in [1.29, 1.82) is 0 Å². The molecule has 0 amide bonds. The van der Waals surface area contributed by atoms with Gasteiger partial charge < -0.3 is 10.1 Å². The van der Waals surface area contributed by atoms with Crippen molar-refractivity contribution in [3.63, 3.8) is 0 Å². The van der Waals surface area contributed by atoms with Crippen LogP contribution in [0, 0.1) is 0 Å². The lowest BCUT2D eigenvalue weighted by Gasteiger charge is -1.97. The number of aromatic carboxylic acids is 1. The van der Waals surface area contributed by atoms with Gasteiger partial charge in [-0.2, -0.15) is 0 Å². The second-order valence-corrected chi connectivity index (χ2v) is 6.51. The third kappa shape index (κ3) is 1.88. The van der Waals surface area contributed by atoms with Crippen LogP contribution in [0.4, 0.5) is 0 Å². The molecule has 0 unspecified atom stereocenters. The number of hydrogen-bond acceptors (Lipinski definition) is 4. The van der Waals surface area contributed by atoms with E-state index in [-0.39, 0.29) is 5.69 Å². The van der Waals surface area contributed by atoms with E-state index in [2.05, 4.69) is 4.98 Å². The Morgan fingerprint density at radius 3 is 2.88 bits per heavy atom. The van der Waals surface area contributed by atoms with Crippen molar-refractivity contribution in [2.75, 3.05) is 0 Å². The molecule has 2 N–H and O–H groups in total. The Morgan fingerprint density at radius 1 is 1.29 bits per heavy atom. The van der Waals surface area contributed by atoms with Crippen LogP contribution in [0.1, 0.15) is 10.5 Å². The zero-order chi connectivity index (χ0) is 11.8. The molecule has 0 bridgehead atoms. The van der Waals surface area contributed by atoms with Gasteiger partial charge in [-0.3, -0.25) is 0 Å². The molecule has 0 aliphatic carbocycles. The van der Waals surface area contributed by atoms with Crippen LogP contribution in [0.3, 0.4) is 0 Å². The summed E-state index contributed by atoms with van der Waals surface area (Å²) in [7, 11) is 0. The van der Waals surface area contributed by atoms with E-state index in [4.69, 9.17) is 0 Å². The van der Waals surface area contributed by atoms with Crippen LogP contribution >= 0.6 is 34.4 Å². The third-order valence-corrected chi connectivity index (χ3v) is 5.48. The molecule has 3 heterocycles. The first kappa shape index (κ1) is 10.9. The highest BCUT2D eigenvalue weighted by Crippen LogP contribution is 2.40. The van der Waals surface area contributed by atoms with Crippen LogP contribution in [-0.4, -0.2) is 16.1 Å². The Kier molecular flexibility index (Phi) is 2.70. The normalized spacial score (nSPS) is 11.1. The minimum absolute atomic E-state index is 0.283. The van der Waals surface area contributed by atoms with Gasteiger partial charge in [0.1, 0.15) is 5.69 Å². The summed E-state index contributed by atoms with van der Waals surface area (Å²) in [5.41, 5.74) is 1.18. The highest BCUT2D eigenvalue weighted by Gasteiger charge is 2.19. The van der Waals surface area contributed by atoms with Gasteiger partial charge in [0.2, 0.25) is 0 Å². The van der Waals surface area contributed by atoms with Crippen LogP contribution < -0.4 is 0 Å². The van der Waals surface area contributed by atoms with Gasteiger partial charge in [-0.15, -0.1) is 22.7 Å². The number of hydrogen-bond donors (Lipinski definition) is 2. The monoisotopic (exact) mass is 281 g/mol. The highest BCUT2D eigenvalue weighted by atomic mass is 32.2. The molecule has 6 heteroatoms. The number of rotatable bonds is 3. The Bertz CT molecular complexity index is 666. The molecule has 0 fully saturated rings. The number of nitrogens with one attached hydrogen (secondary N) is 1. The van der Waals surface area contributed by atoms with Crippen molar-refractivity contribution in [2.45, 2.75) is 9.10 Å². The van der Waals surface area contributed by atoms with Crippen molar-refractivity contribution >= 4 is 50.6 Å². The van der Waals surface area contributed by atoms with E-state index in [1.165, 1.54) is 11.8 Å². The largest absolute Gasteiger partial charge is 0.477 e. The summed E-state index contributed by atoms with van der Waals surface area (Å²) in [6, 6.07) is 5.87. The molecule has 17 heavy (non-hydrogen) atoms. The zero-order valence-corrected chi connectivity index (χ0v) is 10.9. The van der Waals surface area contributed by atoms with E-state index in [1.54, 1.807) is 22.7 Å². The van der Waals surface area contributed by atoms with Gasteiger partial charge in [0.25, 0.3) is 0 Å². The van der Waals surface area contributed by atoms with Crippen molar-refractivity contribution in [2.24, 2.45) is 0 Å². The van der Waals surface area contributed by atoms with E-state index in [0.29, 0.717) is 0 Å². The number of thiophene rings is 2. The molecule has 0 saturated heterocycles. The molecule has 0 aliphatic rings. The number of carbonyl (C=O) groups is 1. The summed E-state index contributed by atoms with van der Waals surface area (Å²) in [6.45, 7) is 0. The molecule has 0 aliphatic heterocycles. The Balaban J connectivity index is 2.14. The van der Waals surface area contributed by atoms with Gasteiger partial charge in [-0.1, -0.05) is 17.8 Å². The summed E-state index contributed by atoms with van der Waals surface area (Å²) in [6.07, 6.45) is 0. The highest BCUT2D eigenvalue weighted by molar-refractivity contribution is 8.01. The number of aromatic amines is 1. The first-order chi connectivity index (χ1) is 8.25. The topological polar surface area (TPSA) is 53.1 Å². The van der Waals surface area contributed by atoms with Crippen molar-refractivity contribution in [1.82, 2.24) is 4.98 Å². The molecule has 86 valence electrons. The SMILES string of the molecule is O=C(O)c1[nH]c2ccsc2c1Sc1cccs1. The fourth-order valence-corrected chi connectivity index (χ4v) is 4.47. The Hall–Kier alpha value is -1.24. The lowest BCUT2D eigenvalue weighted by molar-refractivity contribution is 0.0688. The summed E-state index contributed by atoms with van der Waals surface area (Å²) in [5, 5.41) is 13.1. The van der Waals surface area contributed by atoms with E-state index in [9.17, 15) is 9.90 Å². The molecule has 0 radical (unpaired) electrons. The van der Waals surface area contributed by atoms with Gasteiger partial charge in [-0.05, 0) is 22.9 Å². The zero-order valence-electron chi connectivity index (χ0n) is 8.47. The fraction of sp³-hybridized carbons (Fsp3) is 0. The summed E-state index contributed by atoms with van der Waals surface area (Å²) in [4.78, 5) is 14.9. The van der Waals surface area contributed by atoms with Crippen LogP contribution in [-0.2, 0) is 0 Å². The van der Waals surface area contributed by atoms with Gasteiger partial charge in [0.05, 0.1) is 19.3 Å². The van der Waals surface area contributed by atoms with Crippen LogP contribution in [0.5, 0.6) is 0 Å². The number of carboxylic acids is 1. The van der Waals surface area contributed by atoms with Crippen molar-refractivity contribution in [3.05, 3.63) is 34.7 Å². The second kappa shape index (κ2) is 4.21. The van der Waals surface area contributed by atoms with E-state index in [1.807, 2.05) is 29.0 Å². The lowest BCUT2D eigenvalue weighted by atomic mass is 10.4. The lowest BCUT2D eigenvalue weighted by Crippen LogP contribution is -1.97. The van der Waals surface area contributed by atoms with Crippen LogP contribution in [0.2, 0.25) is 0 Å². The molecular formula is C11H7NO2S3. The molecule has 3 nitrogen and oxygen atoms in total. The van der Waals surface area contributed by atoms with Gasteiger partial charge in [-0.25, -0.2) is 4.79 Å². The number of H-pyrrole nitrogens is 1. The molecule has 3 aromatic heterocycles. The first-order valence-electron chi connectivity index (χ1n) is 4.79. The maximum atomic E-state index is 11.2. The number of fused-ring (bicyclic) bond motifs is 1. The smallest absolute Gasteiger partial charge is 0.353 e. The molecule has 0 spiro atoms. The summed E-state index contributed by atoms with van der Waals surface area (Å²) >= 11 is 4.68.